The van der Waals surface area contributed by atoms with E-state index in [1.165, 1.54) is 130 Å². The van der Waals surface area contributed by atoms with E-state index in [1.807, 2.05) is 0 Å². The zero-order valence-corrected chi connectivity index (χ0v) is 34.0. The maximum atomic E-state index is 2.62. The standard InChI is InChI=1S/C58H38Si/c1-59(2)53-20-8-7-18-45(53)49-33-51-52(34-54(49)59)57(44-26-22-36-12-4-6-14-40(36)30-44)50-31-41(27-28-47(50)56(51)43-25-21-35-11-3-5-13-39(35)29-43)48-32-42-17-9-15-37-23-24-38-16-10-19-46(48)58(38)55(37)42/h3-34H,1-2H3. The first-order valence-corrected chi connectivity index (χ1v) is 23.8. The van der Waals surface area contributed by atoms with Gasteiger partial charge in [-0.2, -0.15) is 0 Å². The van der Waals surface area contributed by atoms with Crippen LogP contribution in [0.4, 0.5) is 0 Å². The summed E-state index contributed by atoms with van der Waals surface area (Å²) in [6.07, 6.45) is 0. The van der Waals surface area contributed by atoms with Crippen molar-refractivity contribution in [3.05, 3.63) is 194 Å². The Hall–Kier alpha value is -7.06. The molecule has 0 nitrogen and oxygen atoms in total. The van der Waals surface area contributed by atoms with Gasteiger partial charge in [-0.3, -0.25) is 0 Å². The van der Waals surface area contributed by atoms with Gasteiger partial charge in [-0.15, -0.1) is 0 Å². The number of fused-ring (bicyclic) bond motifs is 7. The molecule has 0 aromatic heterocycles. The normalized spacial score (nSPS) is 13.4. The highest BCUT2D eigenvalue weighted by molar-refractivity contribution is 7.04. The first-order valence-electron chi connectivity index (χ1n) is 20.8. The molecule has 0 unspecified atom stereocenters. The van der Waals surface area contributed by atoms with Crippen LogP contribution in [0.2, 0.25) is 13.1 Å². The van der Waals surface area contributed by atoms with E-state index in [0.717, 1.165) is 0 Å². The van der Waals surface area contributed by atoms with E-state index >= 15 is 0 Å². The maximum absolute atomic E-state index is 2.62. The highest BCUT2D eigenvalue weighted by Crippen LogP contribution is 2.48. The van der Waals surface area contributed by atoms with Crippen molar-refractivity contribution in [2.24, 2.45) is 0 Å². The summed E-state index contributed by atoms with van der Waals surface area (Å²) in [4.78, 5) is 0. The molecule has 12 aromatic carbocycles. The third-order valence-electron chi connectivity index (χ3n) is 13.7. The van der Waals surface area contributed by atoms with Crippen LogP contribution in [0.1, 0.15) is 0 Å². The van der Waals surface area contributed by atoms with Gasteiger partial charge in [0.15, 0.2) is 0 Å². The van der Waals surface area contributed by atoms with E-state index in [4.69, 9.17) is 0 Å². The summed E-state index contributed by atoms with van der Waals surface area (Å²) in [5.74, 6) is 0. The maximum Gasteiger partial charge on any atom is 0.113 e. The molecule has 59 heavy (non-hydrogen) atoms. The Morgan fingerprint density at radius 2 is 0.814 bits per heavy atom. The lowest BCUT2D eigenvalue weighted by molar-refractivity contribution is 1.67. The molecule has 0 saturated carbocycles. The van der Waals surface area contributed by atoms with Gasteiger partial charge >= 0.3 is 0 Å². The molecule has 1 aliphatic rings. The average Bonchev–Trinajstić information content (AvgIpc) is 3.50. The van der Waals surface area contributed by atoms with E-state index < -0.39 is 8.07 Å². The van der Waals surface area contributed by atoms with E-state index in [2.05, 4.69) is 207 Å². The molecule has 0 spiro atoms. The fourth-order valence-corrected chi connectivity index (χ4v) is 14.0. The van der Waals surface area contributed by atoms with E-state index in [0.29, 0.717) is 0 Å². The fourth-order valence-electron chi connectivity index (χ4n) is 10.9. The molecule has 1 heteroatoms. The van der Waals surface area contributed by atoms with E-state index in [1.54, 1.807) is 0 Å². The van der Waals surface area contributed by atoms with Gasteiger partial charge in [0.1, 0.15) is 8.07 Å². The molecule has 0 N–H and O–H groups in total. The lowest BCUT2D eigenvalue weighted by Crippen LogP contribution is -2.49. The predicted molar refractivity (Wildman–Crippen MR) is 259 cm³/mol. The Labute approximate surface area is 344 Å². The predicted octanol–water partition coefficient (Wildman–Crippen LogP) is 15.0. The smallest absolute Gasteiger partial charge is 0.0623 e. The lowest BCUT2D eigenvalue weighted by atomic mass is 9.82. The van der Waals surface area contributed by atoms with Gasteiger partial charge in [0, 0.05) is 0 Å². The SMILES string of the molecule is C[Si]1(C)c2ccccc2-c2cc3c(-c4ccc5ccccc5c4)c4ccc(-c5cc6cccc7ccc8cccc5c8c76)cc4c(-c4ccc5ccccc5c4)c3cc21. The van der Waals surface area contributed by atoms with Gasteiger partial charge in [0.25, 0.3) is 0 Å². The third-order valence-corrected chi connectivity index (χ3v) is 17.3. The molecule has 0 aliphatic carbocycles. The zero-order chi connectivity index (χ0) is 39.0. The van der Waals surface area contributed by atoms with Crippen LogP contribution in [0.5, 0.6) is 0 Å². The van der Waals surface area contributed by atoms with Crippen molar-refractivity contribution >= 4 is 93.9 Å². The molecule has 0 atom stereocenters. The van der Waals surface area contributed by atoms with Crippen LogP contribution in [0.25, 0.3) is 120 Å². The Balaban J connectivity index is 1.21. The minimum atomic E-state index is -2.00. The molecule has 12 aromatic rings. The first-order chi connectivity index (χ1) is 29.0. The fraction of sp³-hybridized carbons (Fsp3) is 0.0345. The van der Waals surface area contributed by atoms with Gasteiger partial charge in [0.2, 0.25) is 0 Å². The topological polar surface area (TPSA) is 0 Å². The number of benzene rings is 12. The average molecular weight is 763 g/mol. The molecular weight excluding hydrogens is 725 g/mol. The highest BCUT2D eigenvalue weighted by atomic mass is 28.3. The summed E-state index contributed by atoms with van der Waals surface area (Å²) in [6, 6.07) is 74.0. The minimum Gasteiger partial charge on any atom is -0.0623 e. The molecule has 0 bridgehead atoms. The van der Waals surface area contributed by atoms with Gasteiger partial charge in [-0.1, -0.05) is 177 Å². The number of rotatable bonds is 3. The van der Waals surface area contributed by atoms with Crippen LogP contribution in [0.15, 0.2) is 194 Å². The van der Waals surface area contributed by atoms with Crippen LogP contribution >= 0.6 is 0 Å². The minimum absolute atomic E-state index is 1.24. The summed E-state index contributed by atoms with van der Waals surface area (Å²) in [6.45, 7) is 5.08. The lowest BCUT2D eigenvalue weighted by Gasteiger charge is -2.23. The van der Waals surface area contributed by atoms with Crippen molar-refractivity contribution in [3.8, 4) is 44.5 Å². The second kappa shape index (κ2) is 12.0. The molecule has 0 fully saturated rings. The summed E-state index contributed by atoms with van der Waals surface area (Å²) in [7, 11) is -2.00. The van der Waals surface area contributed by atoms with Crippen LogP contribution < -0.4 is 10.4 Å². The third kappa shape index (κ3) is 4.65. The summed E-state index contributed by atoms with van der Waals surface area (Å²) in [5, 5.41) is 21.2. The molecule has 1 heterocycles. The second-order valence-electron chi connectivity index (χ2n) is 17.2. The van der Waals surface area contributed by atoms with Crippen molar-refractivity contribution in [3.63, 3.8) is 0 Å². The molecule has 0 radical (unpaired) electrons. The Bertz CT molecular complexity index is 3760. The number of hydrogen-bond donors (Lipinski definition) is 0. The Kier molecular flexibility index (Phi) is 6.70. The zero-order valence-electron chi connectivity index (χ0n) is 33.0. The van der Waals surface area contributed by atoms with Gasteiger partial charge in [-0.25, -0.2) is 0 Å². The van der Waals surface area contributed by atoms with Crippen molar-refractivity contribution in [1.29, 1.82) is 0 Å². The molecule has 1 aliphatic heterocycles. The van der Waals surface area contributed by atoms with Crippen molar-refractivity contribution < 1.29 is 0 Å². The van der Waals surface area contributed by atoms with Gasteiger partial charge < -0.3 is 0 Å². The monoisotopic (exact) mass is 762 g/mol. The molecule has 0 amide bonds. The van der Waals surface area contributed by atoms with Crippen LogP contribution in [-0.4, -0.2) is 8.07 Å². The molecule has 13 rings (SSSR count). The molecule has 0 saturated heterocycles. The quantitative estimate of drug-likeness (QED) is 0.0955. The first kappa shape index (κ1) is 33.0. The van der Waals surface area contributed by atoms with Gasteiger partial charge in [-0.05, 0) is 161 Å². The van der Waals surface area contributed by atoms with Crippen LogP contribution in [0.3, 0.4) is 0 Å². The van der Waals surface area contributed by atoms with Crippen LogP contribution in [-0.2, 0) is 0 Å². The van der Waals surface area contributed by atoms with E-state index in [9.17, 15) is 0 Å². The van der Waals surface area contributed by atoms with Crippen molar-refractivity contribution in [2.45, 2.75) is 13.1 Å². The molecular formula is C58H38Si. The summed E-state index contributed by atoms with van der Waals surface area (Å²) < 4.78 is 0. The van der Waals surface area contributed by atoms with Crippen molar-refractivity contribution in [1.82, 2.24) is 0 Å². The molecule has 274 valence electrons. The highest BCUT2D eigenvalue weighted by Gasteiger charge is 2.38. The second-order valence-corrected chi connectivity index (χ2v) is 21.5. The summed E-state index contributed by atoms with van der Waals surface area (Å²) >= 11 is 0. The van der Waals surface area contributed by atoms with Crippen LogP contribution in [0, 0.1) is 0 Å². The Morgan fingerprint density at radius 1 is 0.271 bits per heavy atom. The largest absolute Gasteiger partial charge is 0.113 e. The Morgan fingerprint density at radius 3 is 1.56 bits per heavy atom. The number of hydrogen-bond acceptors (Lipinski definition) is 0. The van der Waals surface area contributed by atoms with Crippen molar-refractivity contribution in [2.75, 3.05) is 0 Å². The summed E-state index contributed by atoms with van der Waals surface area (Å²) in [5.41, 5.74) is 10.4. The van der Waals surface area contributed by atoms with Gasteiger partial charge in [0.05, 0.1) is 0 Å². The van der Waals surface area contributed by atoms with E-state index in [-0.39, 0.29) is 0 Å².